The third-order valence-electron chi connectivity index (χ3n) is 4.73. The highest BCUT2D eigenvalue weighted by Gasteiger charge is 2.21. The lowest BCUT2D eigenvalue weighted by Crippen LogP contribution is -2.40. The third-order valence-corrected chi connectivity index (χ3v) is 4.73. The summed E-state index contributed by atoms with van der Waals surface area (Å²) in [6, 6.07) is 16.8. The van der Waals surface area contributed by atoms with E-state index in [1.165, 1.54) is 5.56 Å². The van der Waals surface area contributed by atoms with Crippen LogP contribution in [-0.2, 0) is 6.54 Å². The highest BCUT2D eigenvalue weighted by atomic mass is 15.6. The summed E-state index contributed by atoms with van der Waals surface area (Å²) in [6.07, 6.45) is 2.07. The lowest BCUT2D eigenvalue weighted by Gasteiger charge is -2.33. The van der Waals surface area contributed by atoms with Gasteiger partial charge in [0.25, 0.3) is 0 Å². The Hall–Kier alpha value is -2.96. The lowest BCUT2D eigenvalue weighted by molar-refractivity contribution is 0.516. The summed E-state index contributed by atoms with van der Waals surface area (Å²) in [7, 11) is 0. The van der Waals surface area contributed by atoms with Crippen molar-refractivity contribution in [2.75, 3.05) is 23.3 Å². The first-order valence-electron chi connectivity index (χ1n) is 9.03. The molecule has 0 amide bonds. The topological polar surface area (TPSA) is 71.8 Å². The molecule has 1 saturated heterocycles. The second kappa shape index (κ2) is 7.51. The Morgan fingerprint density at radius 3 is 2.62 bits per heavy atom. The number of aromatic nitrogens is 5. The van der Waals surface area contributed by atoms with Crippen molar-refractivity contribution in [2.45, 2.75) is 32.4 Å². The SMILES string of the molecule is Cc1cccc(N2CCC(Nc3nnnn3Cc3ccccc3)CC2)n1. The number of piperidine rings is 1. The number of aryl methyl sites for hydroxylation is 1. The van der Waals surface area contributed by atoms with Gasteiger partial charge in [-0.25, -0.2) is 9.67 Å². The number of pyridine rings is 1. The molecule has 1 aromatic carbocycles. The van der Waals surface area contributed by atoms with Crippen LogP contribution >= 0.6 is 0 Å². The Labute approximate surface area is 153 Å². The zero-order valence-corrected chi connectivity index (χ0v) is 14.9. The molecule has 0 saturated carbocycles. The summed E-state index contributed by atoms with van der Waals surface area (Å²) < 4.78 is 1.82. The smallest absolute Gasteiger partial charge is 0.243 e. The maximum absolute atomic E-state index is 4.63. The van der Waals surface area contributed by atoms with Crippen LogP contribution in [0.25, 0.3) is 0 Å². The average Bonchev–Trinajstić information content (AvgIpc) is 3.10. The zero-order valence-electron chi connectivity index (χ0n) is 14.9. The van der Waals surface area contributed by atoms with E-state index in [0.29, 0.717) is 12.6 Å². The number of nitrogens with one attached hydrogen (secondary N) is 1. The van der Waals surface area contributed by atoms with E-state index in [0.717, 1.165) is 43.4 Å². The van der Waals surface area contributed by atoms with Gasteiger partial charge in [-0.15, -0.1) is 0 Å². The number of tetrazole rings is 1. The average molecular weight is 349 g/mol. The predicted molar refractivity (Wildman–Crippen MR) is 101 cm³/mol. The molecule has 3 aromatic rings. The zero-order chi connectivity index (χ0) is 17.8. The van der Waals surface area contributed by atoms with E-state index in [1.807, 2.05) is 35.9 Å². The van der Waals surface area contributed by atoms with Gasteiger partial charge in [0.2, 0.25) is 5.95 Å². The van der Waals surface area contributed by atoms with Gasteiger partial charge in [0.1, 0.15) is 5.82 Å². The van der Waals surface area contributed by atoms with Crippen molar-refractivity contribution >= 4 is 11.8 Å². The lowest BCUT2D eigenvalue weighted by atomic mass is 10.1. The molecular weight excluding hydrogens is 326 g/mol. The van der Waals surface area contributed by atoms with Crippen LogP contribution in [0.4, 0.5) is 11.8 Å². The van der Waals surface area contributed by atoms with Gasteiger partial charge in [0.05, 0.1) is 6.54 Å². The number of hydrogen-bond donors (Lipinski definition) is 1. The van der Waals surface area contributed by atoms with E-state index in [-0.39, 0.29) is 0 Å². The second-order valence-electron chi connectivity index (χ2n) is 6.69. The first-order chi connectivity index (χ1) is 12.8. The van der Waals surface area contributed by atoms with Crippen molar-refractivity contribution in [2.24, 2.45) is 0 Å². The Balaban J connectivity index is 1.36. The molecule has 0 radical (unpaired) electrons. The molecule has 134 valence electrons. The summed E-state index contributed by atoms with van der Waals surface area (Å²) in [5, 5.41) is 15.6. The molecule has 0 spiro atoms. The fourth-order valence-corrected chi connectivity index (χ4v) is 3.31. The highest BCUT2D eigenvalue weighted by molar-refractivity contribution is 5.40. The minimum atomic E-state index is 0.372. The van der Waals surface area contributed by atoms with E-state index >= 15 is 0 Å². The highest BCUT2D eigenvalue weighted by Crippen LogP contribution is 2.20. The Bertz CT molecular complexity index is 838. The molecule has 2 aromatic heterocycles. The Morgan fingerprint density at radius 1 is 1.04 bits per heavy atom. The summed E-state index contributed by atoms with van der Waals surface area (Å²) in [4.78, 5) is 6.97. The molecule has 0 unspecified atom stereocenters. The Kier molecular flexibility index (Phi) is 4.77. The van der Waals surface area contributed by atoms with Crippen LogP contribution in [-0.4, -0.2) is 44.3 Å². The first-order valence-corrected chi connectivity index (χ1v) is 9.03. The third kappa shape index (κ3) is 3.82. The van der Waals surface area contributed by atoms with Crippen molar-refractivity contribution in [3.05, 3.63) is 59.8 Å². The van der Waals surface area contributed by atoms with E-state index in [4.69, 9.17) is 0 Å². The van der Waals surface area contributed by atoms with Crippen LogP contribution in [0.5, 0.6) is 0 Å². The van der Waals surface area contributed by atoms with Crippen LogP contribution in [0, 0.1) is 6.92 Å². The van der Waals surface area contributed by atoms with E-state index in [1.54, 1.807) is 0 Å². The van der Waals surface area contributed by atoms with Gasteiger partial charge in [-0.1, -0.05) is 41.5 Å². The quantitative estimate of drug-likeness (QED) is 0.763. The molecule has 26 heavy (non-hydrogen) atoms. The van der Waals surface area contributed by atoms with Crippen LogP contribution in [0.1, 0.15) is 24.1 Å². The van der Waals surface area contributed by atoms with Crippen molar-refractivity contribution < 1.29 is 0 Å². The fraction of sp³-hybridized carbons (Fsp3) is 0.368. The molecule has 7 nitrogen and oxygen atoms in total. The molecular formula is C19H23N7. The summed E-state index contributed by atoms with van der Waals surface area (Å²) in [5.74, 6) is 1.80. The standard InChI is InChI=1S/C19H23N7/c1-15-6-5-9-18(20-15)25-12-10-17(11-13-25)21-19-22-23-24-26(19)14-16-7-3-2-4-8-16/h2-9,17H,10-14H2,1H3,(H,21,22,24). The second-order valence-corrected chi connectivity index (χ2v) is 6.69. The van der Waals surface area contributed by atoms with Gasteiger partial charge in [0, 0.05) is 24.8 Å². The maximum atomic E-state index is 4.63. The van der Waals surface area contributed by atoms with E-state index in [2.05, 4.69) is 55.0 Å². The largest absolute Gasteiger partial charge is 0.356 e. The van der Waals surface area contributed by atoms with Crippen molar-refractivity contribution in [3.63, 3.8) is 0 Å². The fourth-order valence-electron chi connectivity index (χ4n) is 3.31. The summed E-state index contributed by atoms with van der Waals surface area (Å²) >= 11 is 0. The van der Waals surface area contributed by atoms with Crippen molar-refractivity contribution in [1.29, 1.82) is 0 Å². The summed E-state index contributed by atoms with van der Waals surface area (Å²) in [5.41, 5.74) is 2.24. The molecule has 1 aliphatic rings. The maximum Gasteiger partial charge on any atom is 0.243 e. The molecule has 1 fully saturated rings. The monoisotopic (exact) mass is 349 g/mol. The van der Waals surface area contributed by atoms with Crippen molar-refractivity contribution in [1.82, 2.24) is 25.2 Å². The summed E-state index contributed by atoms with van der Waals surface area (Å²) in [6.45, 7) is 4.66. The van der Waals surface area contributed by atoms with E-state index in [9.17, 15) is 0 Å². The molecule has 7 heteroatoms. The normalized spacial score (nSPS) is 15.2. The number of rotatable bonds is 5. The number of nitrogens with zero attached hydrogens (tertiary/aromatic N) is 6. The van der Waals surface area contributed by atoms with Crippen LogP contribution in [0.2, 0.25) is 0 Å². The van der Waals surface area contributed by atoms with Gasteiger partial charge < -0.3 is 10.2 Å². The number of anilines is 2. The van der Waals surface area contributed by atoms with Crippen LogP contribution < -0.4 is 10.2 Å². The molecule has 1 aliphatic heterocycles. The molecule has 0 bridgehead atoms. The number of hydrogen-bond acceptors (Lipinski definition) is 6. The molecule has 3 heterocycles. The van der Waals surface area contributed by atoms with Gasteiger partial charge in [-0.2, -0.15) is 0 Å². The van der Waals surface area contributed by atoms with Gasteiger partial charge in [-0.3, -0.25) is 0 Å². The van der Waals surface area contributed by atoms with E-state index < -0.39 is 0 Å². The Morgan fingerprint density at radius 2 is 1.85 bits per heavy atom. The van der Waals surface area contributed by atoms with Gasteiger partial charge in [-0.05, 0) is 47.9 Å². The molecule has 0 aliphatic carbocycles. The van der Waals surface area contributed by atoms with Crippen LogP contribution in [0.3, 0.4) is 0 Å². The van der Waals surface area contributed by atoms with Crippen LogP contribution in [0.15, 0.2) is 48.5 Å². The molecule has 4 rings (SSSR count). The predicted octanol–water partition coefficient (Wildman–Crippen LogP) is 2.51. The number of benzene rings is 1. The molecule has 0 atom stereocenters. The minimum Gasteiger partial charge on any atom is -0.356 e. The first kappa shape index (κ1) is 16.5. The van der Waals surface area contributed by atoms with Crippen molar-refractivity contribution in [3.8, 4) is 0 Å². The minimum absolute atomic E-state index is 0.372. The van der Waals surface area contributed by atoms with Gasteiger partial charge >= 0.3 is 0 Å². The molecule has 1 N–H and O–H groups in total. The van der Waals surface area contributed by atoms with Gasteiger partial charge in [0.15, 0.2) is 0 Å².